The maximum Gasteiger partial charge on any atom is 0.249 e. The van der Waals surface area contributed by atoms with E-state index in [1.54, 1.807) is 44.2 Å². The zero-order chi connectivity index (χ0) is 28.9. The maximum atomic E-state index is 11.4. The van der Waals surface area contributed by atoms with E-state index in [1.807, 2.05) is 31.2 Å². The van der Waals surface area contributed by atoms with E-state index in [0.29, 0.717) is 43.1 Å². The van der Waals surface area contributed by atoms with Gasteiger partial charge in [-0.1, -0.05) is 35.5 Å². The molecule has 1 aliphatic heterocycles. The number of rotatable bonds is 13. The van der Waals surface area contributed by atoms with Crippen molar-refractivity contribution in [2.45, 2.75) is 51.3 Å². The summed E-state index contributed by atoms with van der Waals surface area (Å²) in [5.41, 5.74) is 3.37. The van der Waals surface area contributed by atoms with E-state index in [4.69, 9.17) is 20.1 Å². The number of fused-ring (bicyclic) bond motifs is 1. The number of aryl methyl sites for hydroxylation is 1. The molecule has 0 saturated carbocycles. The minimum Gasteiger partial charge on any atom is -0.488 e. The fourth-order valence-corrected chi connectivity index (χ4v) is 4.83. The monoisotopic (exact) mass is 568 g/mol. The number of aromatic nitrogens is 1. The van der Waals surface area contributed by atoms with Crippen molar-refractivity contribution < 1.29 is 27.8 Å². The Morgan fingerprint density at radius 2 is 1.98 bits per heavy atom. The van der Waals surface area contributed by atoms with Crippen LogP contribution in [0, 0.1) is 11.8 Å². The molecule has 40 heavy (non-hydrogen) atoms. The highest BCUT2D eigenvalue weighted by Crippen LogP contribution is 2.43. The molecule has 0 radical (unpaired) electrons. The summed E-state index contributed by atoms with van der Waals surface area (Å²) in [5, 5.41) is 3.11. The van der Waals surface area contributed by atoms with Gasteiger partial charge in [0, 0.05) is 41.3 Å². The highest BCUT2D eigenvalue weighted by Gasteiger charge is 2.29. The normalized spacial score (nSPS) is 16.1. The molecule has 3 atom stereocenters. The Morgan fingerprint density at radius 1 is 1.23 bits per heavy atom. The molecule has 0 fully saturated rings. The zero-order valence-electron chi connectivity index (χ0n) is 22.5. The van der Waals surface area contributed by atoms with Crippen LogP contribution in [0.4, 0.5) is 0 Å². The fourth-order valence-electron chi connectivity index (χ4n) is 4.40. The van der Waals surface area contributed by atoms with Crippen LogP contribution in [0.3, 0.4) is 0 Å². The third-order valence-corrected chi connectivity index (χ3v) is 7.30. The molecular formula is C28H32N4O7S. The number of nitrogens with two attached hydrogens (primary N) is 1. The summed E-state index contributed by atoms with van der Waals surface area (Å²) in [7, 11) is 0. The first-order valence-electron chi connectivity index (χ1n) is 12.7. The number of aldehydes is 1. The first-order chi connectivity index (χ1) is 19.1. The van der Waals surface area contributed by atoms with Gasteiger partial charge in [-0.25, -0.2) is 9.19 Å². The van der Waals surface area contributed by atoms with E-state index in [-0.39, 0.29) is 12.5 Å². The molecular weight excluding hydrogens is 536 g/mol. The summed E-state index contributed by atoms with van der Waals surface area (Å²) >= 11 is -2.42. The standard InChI is InChI=1S/C28H32N4O7S/c1-18-21(11-12-26(30-18)37-16-14-28(2,3)31-34)22-5-4-6-23-25(17-38-27(22)23)39-20-9-7-19(8-10-20)24(13-15-33)32(29)40(35)36/h4-12,15,24-25H,13-14,16-17,29H2,1-3H3,(H,35,36)/t24?,25-/m1/s1. The second-order valence-corrected chi connectivity index (χ2v) is 10.9. The molecule has 2 unspecified atom stereocenters. The van der Waals surface area contributed by atoms with Crippen LogP contribution in [0.1, 0.15) is 55.7 Å². The van der Waals surface area contributed by atoms with E-state index < -0.39 is 22.8 Å². The number of carbonyl (C=O) groups is 1. The van der Waals surface area contributed by atoms with Crippen molar-refractivity contribution in [1.82, 2.24) is 9.40 Å². The van der Waals surface area contributed by atoms with Gasteiger partial charge in [0.2, 0.25) is 17.1 Å². The SMILES string of the molecule is Cc1nc(OCCC(C)(C)N=O)ccc1-c1cccc2c1OC[C@H]2Oc1ccc(C(CC=O)N(N)S(=O)O)cc1. The number of para-hydroxylation sites is 1. The van der Waals surface area contributed by atoms with E-state index >= 15 is 0 Å². The van der Waals surface area contributed by atoms with E-state index in [2.05, 4.69) is 10.2 Å². The summed E-state index contributed by atoms with van der Waals surface area (Å²) in [6.07, 6.45) is 0.746. The quantitative estimate of drug-likeness (QED) is 0.0970. The van der Waals surface area contributed by atoms with Crippen molar-refractivity contribution in [3.8, 4) is 28.5 Å². The van der Waals surface area contributed by atoms with Gasteiger partial charge in [-0.15, -0.1) is 4.41 Å². The van der Waals surface area contributed by atoms with Crippen molar-refractivity contribution in [3.63, 3.8) is 0 Å². The summed E-state index contributed by atoms with van der Waals surface area (Å²) in [6.45, 7) is 6.07. The van der Waals surface area contributed by atoms with Crippen molar-refractivity contribution in [1.29, 1.82) is 0 Å². The smallest absolute Gasteiger partial charge is 0.249 e. The van der Waals surface area contributed by atoms with Gasteiger partial charge in [0.1, 0.15) is 29.9 Å². The Morgan fingerprint density at radius 3 is 2.62 bits per heavy atom. The summed E-state index contributed by atoms with van der Waals surface area (Å²) in [5.74, 6) is 7.44. The predicted molar refractivity (Wildman–Crippen MR) is 150 cm³/mol. The van der Waals surface area contributed by atoms with E-state index in [9.17, 15) is 18.5 Å². The molecule has 0 spiro atoms. The highest BCUT2D eigenvalue weighted by atomic mass is 32.2. The lowest BCUT2D eigenvalue weighted by Crippen LogP contribution is -2.36. The zero-order valence-corrected chi connectivity index (χ0v) is 23.3. The number of hydrazine groups is 1. The molecule has 0 aliphatic carbocycles. The molecule has 12 heteroatoms. The number of hydrogen-bond acceptors (Lipinski definition) is 9. The van der Waals surface area contributed by atoms with Gasteiger partial charge in [-0.2, -0.15) is 4.91 Å². The van der Waals surface area contributed by atoms with Crippen LogP contribution in [0.5, 0.6) is 17.4 Å². The molecule has 2 aromatic carbocycles. The number of benzene rings is 2. The van der Waals surface area contributed by atoms with Crippen LogP contribution in [0.2, 0.25) is 0 Å². The Kier molecular flexibility index (Phi) is 9.25. The molecule has 0 bridgehead atoms. The van der Waals surface area contributed by atoms with Crippen molar-refractivity contribution in [2.24, 2.45) is 11.0 Å². The number of hydrogen-bond donors (Lipinski definition) is 2. The molecule has 0 saturated heterocycles. The third-order valence-electron chi connectivity index (χ3n) is 6.68. The van der Waals surface area contributed by atoms with Crippen molar-refractivity contribution in [2.75, 3.05) is 13.2 Å². The lowest BCUT2D eigenvalue weighted by molar-refractivity contribution is -0.108. The maximum absolute atomic E-state index is 11.4. The summed E-state index contributed by atoms with van der Waals surface area (Å²) in [4.78, 5) is 26.5. The van der Waals surface area contributed by atoms with Crippen LogP contribution in [-0.2, 0) is 16.1 Å². The van der Waals surface area contributed by atoms with Crippen LogP contribution in [0.15, 0.2) is 59.8 Å². The van der Waals surface area contributed by atoms with Gasteiger partial charge in [0.15, 0.2) is 6.10 Å². The fraction of sp³-hybridized carbons (Fsp3) is 0.357. The largest absolute Gasteiger partial charge is 0.488 e. The first kappa shape index (κ1) is 29.3. The lowest BCUT2D eigenvalue weighted by Gasteiger charge is -2.22. The first-order valence-corrected chi connectivity index (χ1v) is 13.8. The minimum absolute atomic E-state index is 0.0349. The number of nitrogens with zero attached hydrogens (tertiary/aromatic N) is 3. The molecule has 11 nitrogen and oxygen atoms in total. The highest BCUT2D eigenvalue weighted by molar-refractivity contribution is 7.76. The Labute approximate surface area is 235 Å². The van der Waals surface area contributed by atoms with E-state index in [1.165, 1.54) is 0 Å². The topological polar surface area (TPSA) is 154 Å². The van der Waals surface area contributed by atoms with Crippen LogP contribution in [-0.4, -0.2) is 43.2 Å². The molecule has 3 aromatic rings. The van der Waals surface area contributed by atoms with Gasteiger partial charge in [0.25, 0.3) is 0 Å². The lowest BCUT2D eigenvalue weighted by atomic mass is 9.99. The third kappa shape index (κ3) is 6.70. The van der Waals surface area contributed by atoms with Gasteiger partial charge in [0.05, 0.1) is 12.6 Å². The van der Waals surface area contributed by atoms with Crippen LogP contribution in [0.25, 0.3) is 11.1 Å². The Bertz CT molecular complexity index is 1380. The van der Waals surface area contributed by atoms with Gasteiger partial charge >= 0.3 is 0 Å². The van der Waals surface area contributed by atoms with Crippen LogP contribution < -0.4 is 20.1 Å². The van der Waals surface area contributed by atoms with Gasteiger partial charge < -0.3 is 19.0 Å². The average molecular weight is 569 g/mol. The number of nitroso groups, excluding NO2 is 1. The number of carbonyl (C=O) groups excluding carboxylic acids is 1. The van der Waals surface area contributed by atoms with Crippen molar-refractivity contribution >= 4 is 17.6 Å². The predicted octanol–water partition coefficient (Wildman–Crippen LogP) is 4.83. The second-order valence-electron chi connectivity index (χ2n) is 10.0. The molecule has 1 aliphatic rings. The Balaban J connectivity index is 1.48. The molecule has 0 amide bonds. The Hall–Kier alpha value is -3.71. The van der Waals surface area contributed by atoms with E-state index in [0.717, 1.165) is 32.5 Å². The number of pyridine rings is 1. The van der Waals surface area contributed by atoms with Gasteiger partial charge in [-0.3, -0.25) is 10.4 Å². The van der Waals surface area contributed by atoms with Gasteiger partial charge in [-0.05, 0) is 44.5 Å². The van der Waals surface area contributed by atoms with Crippen LogP contribution >= 0.6 is 0 Å². The molecule has 1 aromatic heterocycles. The summed E-state index contributed by atoms with van der Waals surface area (Å²) < 4.78 is 39.5. The number of ether oxygens (including phenoxy) is 3. The second kappa shape index (κ2) is 12.6. The molecule has 212 valence electrons. The average Bonchev–Trinajstić information content (AvgIpc) is 3.35. The molecule has 4 rings (SSSR count). The molecule has 2 heterocycles. The molecule has 3 N–H and O–H groups in total. The van der Waals surface area contributed by atoms with Crippen molar-refractivity contribution in [3.05, 3.63) is 76.3 Å². The summed E-state index contributed by atoms with van der Waals surface area (Å²) in [6, 6.07) is 15.7. The minimum atomic E-state index is -2.42.